The van der Waals surface area contributed by atoms with E-state index in [4.69, 9.17) is 5.11 Å². The van der Waals surface area contributed by atoms with Crippen molar-refractivity contribution in [3.05, 3.63) is 62.5 Å². The predicted molar refractivity (Wildman–Crippen MR) is 91.6 cm³/mol. The molecule has 3 nitrogen and oxygen atoms in total. The maximum atomic E-state index is 12.3. The molecule has 110 valence electrons. The molecule has 0 aliphatic heterocycles. The Morgan fingerprint density at radius 1 is 1.10 bits per heavy atom. The minimum atomic E-state index is -0.156. The number of halogens is 2. The molecule has 2 N–H and O–H groups in total. The summed E-state index contributed by atoms with van der Waals surface area (Å²) in [5.41, 5.74) is 2.43. The van der Waals surface area contributed by atoms with E-state index >= 15 is 0 Å². The van der Waals surface area contributed by atoms with Crippen molar-refractivity contribution in [3.63, 3.8) is 0 Å². The van der Waals surface area contributed by atoms with Crippen LogP contribution in [0.3, 0.4) is 0 Å². The number of aliphatic hydroxyl groups excluding tert-OH is 1. The Kier molecular flexibility index (Phi) is 5.96. The van der Waals surface area contributed by atoms with Crippen molar-refractivity contribution in [1.82, 2.24) is 0 Å². The topological polar surface area (TPSA) is 49.3 Å². The lowest BCUT2D eigenvalue weighted by molar-refractivity contribution is 0.102. The van der Waals surface area contributed by atoms with Crippen LogP contribution in [-0.4, -0.2) is 17.6 Å². The van der Waals surface area contributed by atoms with Crippen molar-refractivity contribution in [2.75, 3.05) is 11.9 Å². The highest BCUT2D eigenvalue weighted by atomic mass is 79.9. The molecule has 0 fully saturated rings. The average Bonchev–Trinajstić information content (AvgIpc) is 2.44. The number of hydrogen-bond acceptors (Lipinski definition) is 2. The van der Waals surface area contributed by atoms with Crippen molar-refractivity contribution in [2.45, 2.75) is 12.8 Å². The van der Waals surface area contributed by atoms with E-state index in [9.17, 15) is 4.79 Å². The third kappa shape index (κ3) is 4.95. The Hall–Kier alpha value is -1.17. The second kappa shape index (κ2) is 7.73. The van der Waals surface area contributed by atoms with Gasteiger partial charge in [0.2, 0.25) is 0 Å². The minimum Gasteiger partial charge on any atom is -0.396 e. The third-order valence-electron chi connectivity index (χ3n) is 2.93. The van der Waals surface area contributed by atoms with E-state index in [0.717, 1.165) is 33.0 Å². The zero-order valence-electron chi connectivity index (χ0n) is 11.3. The molecule has 0 unspecified atom stereocenters. The predicted octanol–water partition coefficient (Wildman–Crippen LogP) is 4.39. The maximum absolute atomic E-state index is 12.3. The van der Waals surface area contributed by atoms with Gasteiger partial charge in [-0.2, -0.15) is 0 Å². The van der Waals surface area contributed by atoms with E-state index < -0.39 is 0 Å². The lowest BCUT2D eigenvalue weighted by Gasteiger charge is -2.08. The van der Waals surface area contributed by atoms with Crippen LogP contribution in [-0.2, 0) is 6.42 Å². The summed E-state index contributed by atoms with van der Waals surface area (Å²) in [7, 11) is 0. The van der Waals surface area contributed by atoms with E-state index in [1.54, 1.807) is 12.1 Å². The summed E-state index contributed by atoms with van der Waals surface area (Å²) in [6.45, 7) is 0.169. The Bertz CT molecular complexity index is 624. The van der Waals surface area contributed by atoms with Crippen LogP contribution in [0.1, 0.15) is 22.3 Å². The van der Waals surface area contributed by atoms with Gasteiger partial charge in [-0.15, -0.1) is 0 Å². The number of carbonyl (C=O) groups is 1. The van der Waals surface area contributed by atoms with Gasteiger partial charge in [0.25, 0.3) is 5.91 Å². The molecule has 0 saturated heterocycles. The normalized spacial score (nSPS) is 10.4. The van der Waals surface area contributed by atoms with Gasteiger partial charge in [-0.1, -0.05) is 44.0 Å². The summed E-state index contributed by atoms with van der Waals surface area (Å²) >= 11 is 6.75. The summed E-state index contributed by atoms with van der Waals surface area (Å²) < 4.78 is 1.69. The SMILES string of the molecule is O=C(Nc1cccc(CCCO)c1)c1cc(Br)cc(Br)c1. The van der Waals surface area contributed by atoms with Crippen LogP contribution in [0.4, 0.5) is 5.69 Å². The second-order valence-corrected chi connectivity index (χ2v) is 6.47. The van der Waals surface area contributed by atoms with Crippen LogP contribution < -0.4 is 5.32 Å². The fraction of sp³-hybridized carbons (Fsp3) is 0.188. The van der Waals surface area contributed by atoms with Crippen LogP contribution in [0.5, 0.6) is 0 Å². The third-order valence-corrected chi connectivity index (χ3v) is 3.85. The Labute approximate surface area is 140 Å². The highest BCUT2D eigenvalue weighted by Crippen LogP contribution is 2.21. The molecule has 1 amide bonds. The summed E-state index contributed by atoms with van der Waals surface area (Å²) in [6, 6.07) is 13.1. The first kappa shape index (κ1) is 16.2. The first-order valence-corrected chi connectivity index (χ1v) is 8.14. The van der Waals surface area contributed by atoms with Gasteiger partial charge in [0, 0.05) is 26.8 Å². The number of amides is 1. The van der Waals surface area contributed by atoms with Crippen LogP contribution in [0.2, 0.25) is 0 Å². The lowest BCUT2D eigenvalue weighted by atomic mass is 10.1. The minimum absolute atomic E-state index is 0.156. The maximum Gasteiger partial charge on any atom is 0.255 e. The highest BCUT2D eigenvalue weighted by Gasteiger charge is 2.08. The smallest absolute Gasteiger partial charge is 0.255 e. The highest BCUT2D eigenvalue weighted by molar-refractivity contribution is 9.11. The Balaban J connectivity index is 2.11. The summed E-state index contributed by atoms with van der Waals surface area (Å²) in [4.78, 5) is 12.3. The van der Waals surface area contributed by atoms with Gasteiger partial charge < -0.3 is 10.4 Å². The standard InChI is InChI=1S/C16H15Br2NO2/c17-13-8-12(9-14(18)10-13)16(21)19-15-5-1-3-11(7-15)4-2-6-20/h1,3,5,7-10,20H,2,4,6H2,(H,19,21). The van der Waals surface area contributed by atoms with E-state index in [0.29, 0.717) is 5.56 Å². The van der Waals surface area contributed by atoms with Crippen LogP contribution in [0, 0.1) is 0 Å². The Morgan fingerprint density at radius 2 is 1.81 bits per heavy atom. The number of benzene rings is 2. The summed E-state index contributed by atoms with van der Waals surface area (Å²) in [5, 5.41) is 11.8. The number of anilines is 1. The first-order chi connectivity index (χ1) is 10.1. The van der Waals surface area contributed by atoms with Crippen molar-refractivity contribution in [1.29, 1.82) is 0 Å². The second-order valence-electron chi connectivity index (χ2n) is 4.64. The molecule has 0 aromatic heterocycles. The van der Waals surface area contributed by atoms with E-state index in [-0.39, 0.29) is 12.5 Å². The average molecular weight is 413 g/mol. The van der Waals surface area contributed by atoms with Crippen molar-refractivity contribution in [2.24, 2.45) is 0 Å². The first-order valence-electron chi connectivity index (χ1n) is 6.56. The van der Waals surface area contributed by atoms with Gasteiger partial charge in [-0.25, -0.2) is 0 Å². The molecule has 2 aromatic carbocycles. The molecular formula is C16H15Br2NO2. The molecule has 0 aliphatic carbocycles. The molecule has 0 radical (unpaired) electrons. The number of carbonyl (C=O) groups excluding carboxylic acids is 1. The molecule has 0 heterocycles. The molecule has 5 heteroatoms. The van der Waals surface area contributed by atoms with Crippen molar-refractivity contribution in [3.8, 4) is 0 Å². The van der Waals surface area contributed by atoms with Gasteiger partial charge in [0.05, 0.1) is 0 Å². The zero-order chi connectivity index (χ0) is 15.2. The lowest BCUT2D eigenvalue weighted by Crippen LogP contribution is -2.12. The fourth-order valence-electron chi connectivity index (χ4n) is 1.98. The van der Waals surface area contributed by atoms with E-state index in [1.807, 2.05) is 30.3 Å². The zero-order valence-corrected chi connectivity index (χ0v) is 14.4. The molecule has 0 bridgehead atoms. The van der Waals surface area contributed by atoms with Crippen LogP contribution >= 0.6 is 31.9 Å². The number of nitrogens with one attached hydrogen (secondary N) is 1. The molecule has 0 atom stereocenters. The quantitative estimate of drug-likeness (QED) is 0.765. The van der Waals surface area contributed by atoms with Crippen molar-refractivity contribution < 1.29 is 9.90 Å². The monoisotopic (exact) mass is 411 g/mol. The largest absolute Gasteiger partial charge is 0.396 e. The molecule has 2 aromatic rings. The van der Waals surface area contributed by atoms with Gasteiger partial charge in [0.15, 0.2) is 0 Å². The summed E-state index contributed by atoms with van der Waals surface area (Å²) in [5.74, 6) is -0.156. The molecule has 21 heavy (non-hydrogen) atoms. The Morgan fingerprint density at radius 3 is 2.48 bits per heavy atom. The van der Waals surface area contributed by atoms with Gasteiger partial charge in [-0.05, 0) is 48.7 Å². The van der Waals surface area contributed by atoms with Crippen molar-refractivity contribution >= 4 is 43.5 Å². The molecular weight excluding hydrogens is 398 g/mol. The fourth-order valence-corrected chi connectivity index (χ4v) is 3.27. The molecule has 2 rings (SSSR count). The van der Waals surface area contributed by atoms with E-state index in [2.05, 4.69) is 37.2 Å². The number of rotatable bonds is 5. The van der Waals surface area contributed by atoms with Crippen LogP contribution in [0.15, 0.2) is 51.4 Å². The molecule has 0 spiro atoms. The molecule has 0 aliphatic rings. The molecule has 0 saturated carbocycles. The van der Waals surface area contributed by atoms with Crippen LogP contribution in [0.25, 0.3) is 0 Å². The number of aliphatic hydroxyl groups is 1. The van der Waals surface area contributed by atoms with E-state index in [1.165, 1.54) is 0 Å². The number of aryl methyl sites for hydroxylation is 1. The summed E-state index contributed by atoms with van der Waals surface area (Å²) in [6.07, 6.45) is 1.51. The van der Waals surface area contributed by atoms with Gasteiger partial charge >= 0.3 is 0 Å². The van der Waals surface area contributed by atoms with Gasteiger partial charge in [-0.3, -0.25) is 4.79 Å². The number of hydrogen-bond donors (Lipinski definition) is 2. The van der Waals surface area contributed by atoms with Gasteiger partial charge in [0.1, 0.15) is 0 Å².